The summed E-state index contributed by atoms with van der Waals surface area (Å²) in [6.45, 7) is 6.51. The first-order valence-corrected chi connectivity index (χ1v) is 6.88. The monoisotopic (exact) mass is 253 g/mol. The molecule has 1 atom stereocenters. The average Bonchev–Trinajstić information content (AvgIpc) is 2.85. The van der Waals surface area contributed by atoms with Crippen molar-refractivity contribution >= 4 is 17.4 Å². The van der Waals surface area contributed by atoms with E-state index in [0.29, 0.717) is 0 Å². The zero-order valence-corrected chi connectivity index (χ0v) is 11.4. The number of carbonyl (C=O) groups is 1. The highest BCUT2D eigenvalue weighted by molar-refractivity contribution is 7.10. The second-order valence-corrected chi connectivity index (χ2v) is 6.33. The van der Waals surface area contributed by atoms with Crippen LogP contribution in [0.5, 0.6) is 0 Å². The number of thiophene rings is 1. The Morgan fingerprint density at radius 3 is 2.88 bits per heavy atom. The Labute approximate surface area is 106 Å². The quantitative estimate of drug-likeness (QED) is 0.761. The van der Waals surface area contributed by atoms with E-state index in [4.69, 9.17) is 4.74 Å². The van der Waals surface area contributed by atoms with Gasteiger partial charge in [-0.05, 0) is 45.1 Å². The van der Waals surface area contributed by atoms with Crippen molar-refractivity contribution in [1.82, 2.24) is 4.90 Å². The summed E-state index contributed by atoms with van der Waals surface area (Å²) in [7, 11) is 0. The summed E-state index contributed by atoms with van der Waals surface area (Å²) in [6, 6.07) is 4.34. The van der Waals surface area contributed by atoms with Gasteiger partial charge < -0.3 is 9.64 Å². The zero-order valence-electron chi connectivity index (χ0n) is 10.6. The number of hydrogen-bond acceptors (Lipinski definition) is 3. The molecule has 2 heterocycles. The zero-order chi connectivity index (χ0) is 12.5. The molecule has 1 amide bonds. The van der Waals surface area contributed by atoms with Crippen molar-refractivity contribution in [2.45, 2.75) is 45.3 Å². The molecule has 0 aromatic carbocycles. The van der Waals surface area contributed by atoms with Crippen LogP contribution in [0.3, 0.4) is 0 Å². The predicted molar refractivity (Wildman–Crippen MR) is 69.2 cm³/mol. The maximum atomic E-state index is 12.1. The van der Waals surface area contributed by atoms with E-state index in [1.165, 1.54) is 4.88 Å². The second kappa shape index (κ2) is 4.69. The van der Waals surface area contributed by atoms with Crippen molar-refractivity contribution in [3.63, 3.8) is 0 Å². The van der Waals surface area contributed by atoms with Crippen LogP contribution in [-0.2, 0) is 4.74 Å². The van der Waals surface area contributed by atoms with Crippen molar-refractivity contribution in [3.05, 3.63) is 22.4 Å². The van der Waals surface area contributed by atoms with Gasteiger partial charge in [-0.1, -0.05) is 6.07 Å². The van der Waals surface area contributed by atoms with Gasteiger partial charge in [-0.15, -0.1) is 11.3 Å². The lowest BCUT2D eigenvalue weighted by Crippen LogP contribution is -2.36. The van der Waals surface area contributed by atoms with Gasteiger partial charge in [0.2, 0.25) is 0 Å². The minimum atomic E-state index is -0.417. The van der Waals surface area contributed by atoms with Crippen LogP contribution in [0, 0.1) is 0 Å². The van der Waals surface area contributed by atoms with Crippen LogP contribution in [0.15, 0.2) is 17.5 Å². The molecule has 0 saturated carbocycles. The summed E-state index contributed by atoms with van der Waals surface area (Å²) < 4.78 is 5.44. The molecule has 0 unspecified atom stereocenters. The highest BCUT2D eigenvalue weighted by Gasteiger charge is 2.33. The minimum absolute atomic E-state index is 0.187. The van der Waals surface area contributed by atoms with E-state index in [1.54, 1.807) is 11.3 Å². The van der Waals surface area contributed by atoms with Gasteiger partial charge in [-0.25, -0.2) is 4.79 Å². The number of likely N-dealkylation sites (tertiary alicyclic amines) is 1. The molecule has 1 aliphatic heterocycles. The Hall–Kier alpha value is -1.03. The van der Waals surface area contributed by atoms with E-state index in [-0.39, 0.29) is 12.1 Å². The molecule has 0 aliphatic carbocycles. The van der Waals surface area contributed by atoms with Crippen molar-refractivity contribution in [3.8, 4) is 0 Å². The smallest absolute Gasteiger partial charge is 0.410 e. The van der Waals surface area contributed by atoms with Gasteiger partial charge in [0, 0.05) is 11.4 Å². The lowest BCUT2D eigenvalue weighted by molar-refractivity contribution is 0.0227. The van der Waals surface area contributed by atoms with Gasteiger partial charge in [-0.2, -0.15) is 0 Å². The highest BCUT2D eigenvalue weighted by atomic mass is 32.1. The van der Waals surface area contributed by atoms with E-state index >= 15 is 0 Å². The molecule has 17 heavy (non-hydrogen) atoms. The predicted octanol–water partition coefficient (Wildman–Crippen LogP) is 3.82. The lowest BCUT2D eigenvalue weighted by Gasteiger charge is -2.28. The Morgan fingerprint density at radius 2 is 2.29 bits per heavy atom. The molecular weight excluding hydrogens is 234 g/mol. The number of rotatable bonds is 1. The molecule has 1 aromatic rings. The Morgan fingerprint density at radius 1 is 1.53 bits per heavy atom. The van der Waals surface area contributed by atoms with Gasteiger partial charge in [0.1, 0.15) is 5.60 Å². The van der Waals surface area contributed by atoms with E-state index in [9.17, 15) is 4.79 Å². The van der Waals surface area contributed by atoms with Crippen molar-refractivity contribution < 1.29 is 9.53 Å². The van der Waals surface area contributed by atoms with Crippen molar-refractivity contribution in [2.75, 3.05) is 6.54 Å². The summed E-state index contributed by atoms with van der Waals surface area (Å²) >= 11 is 1.71. The topological polar surface area (TPSA) is 29.5 Å². The van der Waals surface area contributed by atoms with Crippen molar-refractivity contribution in [1.29, 1.82) is 0 Å². The highest BCUT2D eigenvalue weighted by Crippen LogP contribution is 2.35. The minimum Gasteiger partial charge on any atom is -0.444 e. The molecule has 1 fully saturated rings. The van der Waals surface area contributed by atoms with Crippen LogP contribution in [0.25, 0.3) is 0 Å². The van der Waals surface area contributed by atoms with Crippen LogP contribution in [0.4, 0.5) is 4.79 Å². The summed E-state index contributed by atoms with van der Waals surface area (Å²) in [6.07, 6.45) is 1.91. The molecule has 4 heteroatoms. The maximum absolute atomic E-state index is 12.1. The average molecular weight is 253 g/mol. The van der Waals surface area contributed by atoms with Crippen LogP contribution < -0.4 is 0 Å². The fraction of sp³-hybridized carbons (Fsp3) is 0.615. The van der Waals surface area contributed by atoms with Crippen LogP contribution in [-0.4, -0.2) is 23.1 Å². The SMILES string of the molecule is CC(C)(C)OC(=O)N1CCC[C@@H]1c1cccs1. The first-order chi connectivity index (χ1) is 7.97. The van der Waals surface area contributed by atoms with Crippen LogP contribution in [0.1, 0.15) is 44.5 Å². The lowest BCUT2D eigenvalue weighted by atomic mass is 10.2. The molecular formula is C13H19NO2S. The van der Waals surface area contributed by atoms with Gasteiger partial charge in [-0.3, -0.25) is 0 Å². The molecule has 0 bridgehead atoms. The molecule has 1 aromatic heterocycles. The molecule has 2 rings (SSSR count). The third-order valence-electron chi connectivity index (χ3n) is 2.75. The van der Waals surface area contributed by atoms with Crippen LogP contribution >= 0.6 is 11.3 Å². The second-order valence-electron chi connectivity index (χ2n) is 5.35. The van der Waals surface area contributed by atoms with E-state index in [2.05, 4.69) is 11.4 Å². The van der Waals surface area contributed by atoms with Gasteiger partial charge >= 0.3 is 6.09 Å². The molecule has 1 aliphatic rings. The number of nitrogens with zero attached hydrogens (tertiary/aromatic N) is 1. The Kier molecular flexibility index (Phi) is 3.43. The van der Waals surface area contributed by atoms with Gasteiger partial charge in [0.15, 0.2) is 0 Å². The Balaban J connectivity index is 2.07. The van der Waals surface area contributed by atoms with Gasteiger partial charge in [0.05, 0.1) is 6.04 Å². The Bertz CT molecular complexity index is 381. The number of amides is 1. The summed E-state index contributed by atoms with van der Waals surface area (Å²) in [5.74, 6) is 0. The fourth-order valence-corrected chi connectivity index (χ4v) is 2.96. The third-order valence-corrected chi connectivity index (χ3v) is 3.73. The first kappa shape index (κ1) is 12.4. The van der Waals surface area contributed by atoms with Crippen molar-refractivity contribution in [2.24, 2.45) is 0 Å². The standard InChI is InChI=1S/C13H19NO2S/c1-13(2,3)16-12(15)14-8-4-6-10(14)11-7-5-9-17-11/h5,7,9-10H,4,6,8H2,1-3H3/t10-/m1/s1. The molecule has 1 saturated heterocycles. The van der Waals surface area contributed by atoms with E-state index in [0.717, 1.165) is 19.4 Å². The van der Waals surface area contributed by atoms with E-state index < -0.39 is 5.60 Å². The summed E-state index contributed by atoms with van der Waals surface area (Å²) in [5.41, 5.74) is -0.417. The molecule has 94 valence electrons. The van der Waals surface area contributed by atoms with E-state index in [1.807, 2.05) is 31.7 Å². The largest absolute Gasteiger partial charge is 0.444 e. The summed E-state index contributed by atoms with van der Waals surface area (Å²) in [5, 5.41) is 2.06. The number of carbonyl (C=O) groups excluding carboxylic acids is 1. The maximum Gasteiger partial charge on any atom is 0.410 e. The summed E-state index contributed by atoms with van der Waals surface area (Å²) in [4.78, 5) is 15.2. The molecule has 3 nitrogen and oxygen atoms in total. The third kappa shape index (κ3) is 3.00. The fourth-order valence-electron chi connectivity index (χ4n) is 2.08. The number of hydrogen-bond donors (Lipinski definition) is 0. The molecule has 0 spiro atoms. The number of ether oxygens (including phenoxy) is 1. The first-order valence-electron chi connectivity index (χ1n) is 6.00. The van der Waals surface area contributed by atoms with Gasteiger partial charge in [0.25, 0.3) is 0 Å². The normalized spacial score (nSPS) is 20.6. The molecule has 0 radical (unpaired) electrons. The van der Waals surface area contributed by atoms with Crippen LogP contribution in [0.2, 0.25) is 0 Å². The molecule has 0 N–H and O–H groups in total.